The highest BCUT2D eigenvalue weighted by Gasteiger charge is 2.37. The van der Waals surface area contributed by atoms with Crippen molar-refractivity contribution >= 4 is 11.5 Å². The number of ether oxygens (including phenoxy) is 1. The molecule has 1 aliphatic carbocycles. The van der Waals surface area contributed by atoms with Crippen LogP contribution in [0.4, 0.5) is 19.0 Å². The van der Waals surface area contributed by atoms with Gasteiger partial charge in [0.25, 0.3) is 0 Å². The Morgan fingerprint density at radius 1 is 1.10 bits per heavy atom. The van der Waals surface area contributed by atoms with E-state index in [2.05, 4.69) is 20.3 Å². The van der Waals surface area contributed by atoms with E-state index in [-0.39, 0.29) is 11.7 Å². The van der Waals surface area contributed by atoms with Crippen LogP contribution in [0.2, 0.25) is 0 Å². The van der Waals surface area contributed by atoms with Crippen LogP contribution in [0.3, 0.4) is 0 Å². The van der Waals surface area contributed by atoms with Crippen LogP contribution in [-0.2, 0) is 6.18 Å². The van der Waals surface area contributed by atoms with Crippen molar-refractivity contribution in [3.63, 3.8) is 0 Å². The van der Waals surface area contributed by atoms with E-state index in [4.69, 9.17) is 4.74 Å². The highest BCUT2D eigenvalue weighted by molar-refractivity contribution is 5.49. The molecule has 3 aromatic rings. The van der Waals surface area contributed by atoms with Crippen molar-refractivity contribution < 1.29 is 17.9 Å². The Kier molecular flexibility index (Phi) is 4.29. The molecule has 1 atom stereocenters. The highest BCUT2D eigenvalue weighted by atomic mass is 19.4. The molecule has 10 heteroatoms. The van der Waals surface area contributed by atoms with Crippen LogP contribution in [0.25, 0.3) is 5.65 Å². The van der Waals surface area contributed by atoms with E-state index in [1.807, 2.05) is 6.07 Å². The zero-order valence-electron chi connectivity index (χ0n) is 15.5. The van der Waals surface area contributed by atoms with Crippen LogP contribution in [0.5, 0.6) is 5.88 Å². The number of aromatic nitrogens is 5. The highest BCUT2D eigenvalue weighted by Crippen LogP contribution is 2.39. The molecule has 0 N–H and O–H groups in total. The lowest BCUT2D eigenvalue weighted by atomic mass is 10.1. The van der Waals surface area contributed by atoms with Gasteiger partial charge < -0.3 is 9.64 Å². The number of hydrogen-bond acceptors (Lipinski definition) is 6. The lowest BCUT2D eigenvalue weighted by Crippen LogP contribution is -2.25. The molecule has 2 aliphatic rings. The minimum Gasteiger partial charge on any atom is -0.476 e. The second-order valence-corrected chi connectivity index (χ2v) is 7.56. The predicted octanol–water partition coefficient (Wildman–Crippen LogP) is 3.32. The maximum absolute atomic E-state index is 13.3. The van der Waals surface area contributed by atoms with E-state index in [0.717, 1.165) is 31.2 Å². The molecular formula is C19H19F3N6O. The fourth-order valence-corrected chi connectivity index (χ4v) is 3.70. The van der Waals surface area contributed by atoms with Crippen LogP contribution in [0.1, 0.15) is 36.6 Å². The molecule has 0 radical (unpaired) electrons. The van der Waals surface area contributed by atoms with Gasteiger partial charge in [-0.25, -0.2) is 4.98 Å². The van der Waals surface area contributed by atoms with Gasteiger partial charge >= 0.3 is 6.18 Å². The Balaban J connectivity index is 1.25. The monoisotopic (exact) mass is 404 g/mol. The Labute approximate surface area is 164 Å². The van der Waals surface area contributed by atoms with Gasteiger partial charge in [-0.2, -0.15) is 17.7 Å². The van der Waals surface area contributed by atoms with E-state index in [9.17, 15) is 13.2 Å². The summed E-state index contributed by atoms with van der Waals surface area (Å²) in [5.74, 6) is 1.82. The van der Waals surface area contributed by atoms with E-state index in [0.29, 0.717) is 37.1 Å². The average molecular weight is 404 g/mol. The second-order valence-electron chi connectivity index (χ2n) is 7.56. The van der Waals surface area contributed by atoms with Crippen LogP contribution >= 0.6 is 0 Å². The molecule has 1 unspecified atom stereocenters. The SMILES string of the molecule is FC(F)(F)c1cccnc1N1CCC(COc2ccc3nnc(C4CC4)n3n2)C1. The Morgan fingerprint density at radius 2 is 1.97 bits per heavy atom. The molecule has 0 amide bonds. The van der Waals surface area contributed by atoms with Crippen molar-refractivity contribution in [2.45, 2.75) is 31.4 Å². The third-order valence-corrected chi connectivity index (χ3v) is 5.35. The summed E-state index contributed by atoms with van der Waals surface area (Å²) in [5, 5.41) is 12.8. The summed E-state index contributed by atoms with van der Waals surface area (Å²) in [6.45, 7) is 1.35. The predicted molar refractivity (Wildman–Crippen MR) is 97.8 cm³/mol. The van der Waals surface area contributed by atoms with Crippen molar-refractivity contribution in [3.8, 4) is 5.88 Å². The zero-order valence-corrected chi connectivity index (χ0v) is 15.5. The molecule has 5 rings (SSSR count). The summed E-state index contributed by atoms with van der Waals surface area (Å²) >= 11 is 0. The molecular weight excluding hydrogens is 385 g/mol. The molecule has 2 fully saturated rings. The number of alkyl halides is 3. The average Bonchev–Trinajstić information content (AvgIpc) is 3.29. The largest absolute Gasteiger partial charge is 0.476 e. The summed E-state index contributed by atoms with van der Waals surface area (Å²) in [5.41, 5.74) is -0.0185. The molecule has 3 aromatic heterocycles. The van der Waals surface area contributed by atoms with Gasteiger partial charge in [0.1, 0.15) is 5.82 Å². The molecule has 0 bridgehead atoms. The standard InChI is InChI=1S/C19H19F3N6O/c20-19(21,22)14-2-1-8-23-18(14)27-9-7-12(10-27)11-29-16-6-5-15-24-25-17(13-3-4-13)28(15)26-16/h1-2,5-6,8,12-13H,3-4,7,9-11H2. The number of pyridine rings is 1. The Bertz CT molecular complexity index is 1030. The molecule has 1 saturated carbocycles. The summed E-state index contributed by atoms with van der Waals surface area (Å²) in [6.07, 6.45) is -0.104. The maximum atomic E-state index is 13.3. The van der Waals surface area contributed by atoms with E-state index in [1.165, 1.54) is 12.3 Å². The van der Waals surface area contributed by atoms with Crippen LogP contribution in [-0.4, -0.2) is 44.5 Å². The molecule has 1 saturated heterocycles. The lowest BCUT2D eigenvalue weighted by molar-refractivity contribution is -0.137. The quantitative estimate of drug-likeness (QED) is 0.650. The molecule has 1 aliphatic heterocycles. The molecule has 0 spiro atoms. The number of hydrogen-bond donors (Lipinski definition) is 0. The van der Waals surface area contributed by atoms with Gasteiger partial charge in [0.15, 0.2) is 11.5 Å². The number of anilines is 1. The maximum Gasteiger partial charge on any atom is 0.419 e. The molecule has 0 aromatic carbocycles. The molecule has 7 nitrogen and oxygen atoms in total. The van der Waals surface area contributed by atoms with Gasteiger partial charge in [-0.05, 0) is 37.5 Å². The molecule has 152 valence electrons. The number of fused-ring (bicyclic) bond motifs is 1. The van der Waals surface area contributed by atoms with Gasteiger partial charge in [-0.15, -0.1) is 15.3 Å². The summed E-state index contributed by atoms with van der Waals surface area (Å²) < 4.78 is 47.3. The first-order chi connectivity index (χ1) is 14.0. The van der Waals surface area contributed by atoms with Gasteiger partial charge in [0.2, 0.25) is 5.88 Å². The number of rotatable bonds is 5. The molecule has 4 heterocycles. The van der Waals surface area contributed by atoms with Gasteiger partial charge in [-0.3, -0.25) is 0 Å². The second kappa shape index (κ2) is 6.85. The number of nitrogens with zero attached hydrogens (tertiary/aromatic N) is 6. The lowest BCUT2D eigenvalue weighted by Gasteiger charge is -2.21. The summed E-state index contributed by atoms with van der Waals surface area (Å²) in [4.78, 5) is 5.65. The van der Waals surface area contributed by atoms with Gasteiger partial charge in [0, 0.05) is 37.2 Å². The van der Waals surface area contributed by atoms with E-state index < -0.39 is 11.7 Å². The topological polar surface area (TPSA) is 68.4 Å². The normalized spacial score (nSPS) is 19.8. The smallest absolute Gasteiger partial charge is 0.419 e. The zero-order chi connectivity index (χ0) is 20.0. The first kappa shape index (κ1) is 18.1. The number of halogens is 3. The van der Waals surface area contributed by atoms with Gasteiger partial charge in [0.05, 0.1) is 12.2 Å². The van der Waals surface area contributed by atoms with Crippen molar-refractivity contribution in [3.05, 3.63) is 41.9 Å². The third-order valence-electron chi connectivity index (χ3n) is 5.35. The van der Waals surface area contributed by atoms with Crippen molar-refractivity contribution in [2.24, 2.45) is 5.92 Å². The fraction of sp³-hybridized carbons (Fsp3) is 0.474. The Morgan fingerprint density at radius 3 is 2.76 bits per heavy atom. The van der Waals surface area contributed by atoms with Crippen molar-refractivity contribution in [1.82, 2.24) is 24.8 Å². The summed E-state index contributed by atoms with van der Waals surface area (Å²) in [7, 11) is 0. The van der Waals surface area contributed by atoms with Crippen LogP contribution < -0.4 is 9.64 Å². The van der Waals surface area contributed by atoms with Gasteiger partial charge in [-0.1, -0.05) is 0 Å². The third kappa shape index (κ3) is 3.58. The molecule has 29 heavy (non-hydrogen) atoms. The van der Waals surface area contributed by atoms with E-state index >= 15 is 0 Å². The first-order valence-electron chi connectivity index (χ1n) is 9.61. The first-order valence-corrected chi connectivity index (χ1v) is 9.61. The minimum absolute atomic E-state index is 0.0133. The summed E-state index contributed by atoms with van der Waals surface area (Å²) in [6, 6.07) is 5.94. The Hall–Kier alpha value is -2.91. The van der Waals surface area contributed by atoms with Crippen LogP contribution in [0, 0.1) is 5.92 Å². The minimum atomic E-state index is -4.42. The van der Waals surface area contributed by atoms with Crippen molar-refractivity contribution in [2.75, 3.05) is 24.6 Å². The van der Waals surface area contributed by atoms with E-state index in [1.54, 1.807) is 15.5 Å². The van der Waals surface area contributed by atoms with Crippen molar-refractivity contribution in [1.29, 1.82) is 0 Å². The van der Waals surface area contributed by atoms with Crippen LogP contribution in [0.15, 0.2) is 30.5 Å². The fourth-order valence-electron chi connectivity index (χ4n) is 3.70.